The van der Waals surface area contributed by atoms with E-state index in [1.807, 2.05) is 24.3 Å². The van der Waals surface area contributed by atoms with Crippen LogP contribution in [0.2, 0.25) is 0 Å². The molecule has 1 aliphatic heterocycles. The molecule has 2 amide bonds. The Morgan fingerprint density at radius 2 is 2.03 bits per heavy atom. The Hall–Kier alpha value is -3.27. The summed E-state index contributed by atoms with van der Waals surface area (Å²) in [5.74, 6) is 1.95. The molecule has 1 saturated heterocycles. The van der Waals surface area contributed by atoms with Gasteiger partial charge in [0.25, 0.3) is 0 Å². The van der Waals surface area contributed by atoms with E-state index in [0.29, 0.717) is 42.9 Å². The van der Waals surface area contributed by atoms with Crippen LogP contribution < -0.4 is 5.32 Å². The minimum absolute atomic E-state index is 0.00858. The Morgan fingerprint density at radius 1 is 1.21 bits per heavy atom. The topological polar surface area (TPSA) is 110 Å². The smallest absolute Gasteiger partial charge is 0.317 e. The van der Waals surface area contributed by atoms with E-state index in [4.69, 9.17) is 8.94 Å². The van der Waals surface area contributed by atoms with Crippen LogP contribution in [0.25, 0.3) is 22.6 Å². The maximum absolute atomic E-state index is 12.4. The molecule has 1 N–H and O–H groups in total. The normalized spacial score (nSPS) is 14.2. The number of likely N-dealkylation sites (tertiary alicyclic amines) is 1. The van der Waals surface area contributed by atoms with Gasteiger partial charge in [-0.15, -0.1) is 0 Å². The number of urea groups is 1. The van der Waals surface area contributed by atoms with Crippen molar-refractivity contribution in [3.63, 3.8) is 0 Å². The molecule has 10 heteroatoms. The van der Waals surface area contributed by atoms with Gasteiger partial charge in [0.2, 0.25) is 17.5 Å². The number of carbonyl (C=O) groups excluding carboxylic acids is 1. The van der Waals surface area contributed by atoms with Crippen LogP contribution in [-0.2, 0) is 6.54 Å². The van der Waals surface area contributed by atoms with Crippen LogP contribution in [0.1, 0.15) is 17.6 Å². The molecule has 0 spiro atoms. The summed E-state index contributed by atoms with van der Waals surface area (Å²) in [7, 11) is 0. The number of furan rings is 1. The number of hydrogen-bond donors (Lipinski definition) is 1. The van der Waals surface area contributed by atoms with E-state index < -0.39 is 0 Å². The van der Waals surface area contributed by atoms with Gasteiger partial charge in [-0.3, -0.25) is 0 Å². The van der Waals surface area contributed by atoms with Gasteiger partial charge in [-0.05, 0) is 30.3 Å². The van der Waals surface area contributed by atoms with Crippen molar-refractivity contribution in [3.8, 4) is 11.6 Å². The third-order valence-electron chi connectivity index (χ3n) is 4.67. The van der Waals surface area contributed by atoms with Crippen molar-refractivity contribution in [2.45, 2.75) is 12.5 Å². The van der Waals surface area contributed by atoms with Gasteiger partial charge in [0.05, 0.1) is 12.5 Å². The molecule has 1 aliphatic rings. The number of carbonyl (C=O) groups is 1. The molecule has 4 heterocycles. The van der Waals surface area contributed by atoms with Gasteiger partial charge in [-0.25, -0.2) is 14.8 Å². The van der Waals surface area contributed by atoms with Crippen molar-refractivity contribution in [2.75, 3.05) is 13.1 Å². The van der Waals surface area contributed by atoms with Crippen molar-refractivity contribution < 1.29 is 13.7 Å². The van der Waals surface area contributed by atoms with E-state index in [2.05, 4.69) is 41.4 Å². The number of rotatable bonds is 4. The second-order valence-electron chi connectivity index (χ2n) is 6.68. The average Bonchev–Trinajstić information content (AvgIpc) is 3.32. The SMILES string of the molecule is O=C(NCc1cc2cc(Br)ccc2o1)N1CC(c2nc(-c3ncccn3)no2)C1. The highest BCUT2D eigenvalue weighted by molar-refractivity contribution is 9.10. The molecule has 5 rings (SSSR count). The lowest BCUT2D eigenvalue weighted by atomic mass is 10.0. The third kappa shape index (κ3) is 3.58. The van der Waals surface area contributed by atoms with Gasteiger partial charge in [-0.2, -0.15) is 4.98 Å². The van der Waals surface area contributed by atoms with E-state index >= 15 is 0 Å². The Labute approximate surface area is 173 Å². The first-order valence-electron chi connectivity index (χ1n) is 8.97. The molecule has 3 aromatic heterocycles. The molecule has 0 aliphatic carbocycles. The zero-order chi connectivity index (χ0) is 19.8. The molecule has 0 unspecified atom stereocenters. The van der Waals surface area contributed by atoms with E-state index in [1.54, 1.807) is 23.4 Å². The second-order valence-corrected chi connectivity index (χ2v) is 7.60. The first kappa shape index (κ1) is 17.8. The molecule has 0 atom stereocenters. The van der Waals surface area contributed by atoms with E-state index in [-0.39, 0.29) is 11.9 Å². The maximum atomic E-state index is 12.4. The van der Waals surface area contributed by atoms with Gasteiger partial charge < -0.3 is 19.2 Å². The minimum Gasteiger partial charge on any atom is -0.459 e. The first-order valence-corrected chi connectivity index (χ1v) is 9.77. The lowest BCUT2D eigenvalue weighted by Crippen LogP contribution is -2.52. The summed E-state index contributed by atoms with van der Waals surface area (Å²) in [6, 6.07) is 9.27. The van der Waals surface area contributed by atoms with Gasteiger partial charge in [0, 0.05) is 35.3 Å². The van der Waals surface area contributed by atoms with Crippen LogP contribution in [-0.4, -0.2) is 44.1 Å². The van der Waals surface area contributed by atoms with Crippen molar-refractivity contribution in [1.29, 1.82) is 0 Å². The fraction of sp³-hybridized carbons (Fsp3) is 0.211. The molecule has 0 bridgehead atoms. The standard InChI is InChI=1S/C19H15BrN6O3/c20-13-2-3-15-11(6-13)7-14(28-15)8-23-19(27)26-9-12(10-26)18-24-17(25-29-18)16-21-4-1-5-22-16/h1-7,12H,8-10H2,(H,23,27). The summed E-state index contributed by atoms with van der Waals surface area (Å²) in [5.41, 5.74) is 0.788. The van der Waals surface area contributed by atoms with Gasteiger partial charge in [0.1, 0.15) is 11.3 Å². The highest BCUT2D eigenvalue weighted by Gasteiger charge is 2.35. The van der Waals surface area contributed by atoms with Crippen molar-refractivity contribution in [2.24, 2.45) is 0 Å². The molecule has 9 nitrogen and oxygen atoms in total. The molecule has 1 fully saturated rings. The molecular weight excluding hydrogens is 440 g/mol. The molecular formula is C19H15BrN6O3. The van der Waals surface area contributed by atoms with E-state index in [1.165, 1.54) is 0 Å². The van der Waals surface area contributed by atoms with E-state index in [0.717, 1.165) is 15.4 Å². The molecule has 4 aromatic rings. The number of nitrogens with zero attached hydrogens (tertiary/aromatic N) is 5. The lowest BCUT2D eigenvalue weighted by molar-refractivity contribution is 0.136. The molecule has 0 radical (unpaired) electrons. The number of nitrogens with one attached hydrogen (secondary N) is 1. The predicted molar refractivity (Wildman–Crippen MR) is 106 cm³/mol. The number of halogens is 1. The van der Waals surface area contributed by atoms with Crippen LogP contribution in [0.4, 0.5) is 4.79 Å². The highest BCUT2D eigenvalue weighted by atomic mass is 79.9. The second kappa shape index (κ2) is 7.28. The molecule has 0 saturated carbocycles. The van der Waals surface area contributed by atoms with Crippen LogP contribution in [0, 0.1) is 0 Å². The Kier molecular flexibility index (Phi) is 4.47. The molecule has 1 aromatic carbocycles. The summed E-state index contributed by atoms with van der Waals surface area (Å²) in [4.78, 5) is 26.6. The zero-order valence-corrected chi connectivity index (χ0v) is 16.7. The van der Waals surface area contributed by atoms with Crippen LogP contribution in [0.5, 0.6) is 0 Å². The first-order chi connectivity index (χ1) is 14.2. The average molecular weight is 455 g/mol. The number of hydrogen-bond acceptors (Lipinski definition) is 7. The quantitative estimate of drug-likeness (QED) is 0.503. The van der Waals surface area contributed by atoms with Gasteiger partial charge in [-0.1, -0.05) is 21.1 Å². The monoisotopic (exact) mass is 454 g/mol. The van der Waals surface area contributed by atoms with Crippen LogP contribution >= 0.6 is 15.9 Å². The highest BCUT2D eigenvalue weighted by Crippen LogP contribution is 2.27. The number of fused-ring (bicyclic) bond motifs is 1. The molecule has 29 heavy (non-hydrogen) atoms. The fourth-order valence-corrected chi connectivity index (χ4v) is 3.52. The van der Waals surface area contributed by atoms with Crippen LogP contribution in [0.3, 0.4) is 0 Å². The van der Waals surface area contributed by atoms with Gasteiger partial charge in [0.15, 0.2) is 0 Å². The maximum Gasteiger partial charge on any atom is 0.317 e. The Morgan fingerprint density at radius 3 is 2.86 bits per heavy atom. The third-order valence-corrected chi connectivity index (χ3v) is 5.16. The van der Waals surface area contributed by atoms with Crippen molar-refractivity contribution >= 4 is 32.9 Å². The fourth-order valence-electron chi connectivity index (χ4n) is 3.14. The zero-order valence-electron chi connectivity index (χ0n) is 15.1. The molecule has 146 valence electrons. The van der Waals surface area contributed by atoms with Crippen LogP contribution in [0.15, 0.2) is 56.1 Å². The lowest BCUT2D eigenvalue weighted by Gasteiger charge is -2.36. The van der Waals surface area contributed by atoms with E-state index in [9.17, 15) is 4.79 Å². The van der Waals surface area contributed by atoms with Gasteiger partial charge >= 0.3 is 6.03 Å². The Balaban J connectivity index is 1.16. The summed E-state index contributed by atoms with van der Waals surface area (Å²) in [6.45, 7) is 1.34. The summed E-state index contributed by atoms with van der Waals surface area (Å²) < 4.78 is 12.0. The predicted octanol–water partition coefficient (Wildman–Crippen LogP) is 3.34. The largest absolute Gasteiger partial charge is 0.459 e. The number of benzene rings is 1. The van der Waals surface area contributed by atoms with Crippen molar-refractivity contribution in [1.82, 2.24) is 30.3 Å². The number of amides is 2. The summed E-state index contributed by atoms with van der Waals surface area (Å²) in [5, 5.41) is 7.78. The Bertz CT molecular complexity index is 1170. The van der Waals surface area contributed by atoms with Crippen molar-refractivity contribution in [3.05, 3.63) is 58.8 Å². The minimum atomic E-state index is -0.158. The summed E-state index contributed by atoms with van der Waals surface area (Å²) in [6.07, 6.45) is 3.24. The number of aromatic nitrogens is 4. The summed E-state index contributed by atoms with van der Waals surface area (Å²) >= 11 is 3.44.